The van der Waals surface area contributed by atoms with Gasteiger partial charge < -0.3 is 4.90 Å². The molecule has 2 rings (SSSR count). The number of aryl methyl sites for hydroxylation is 1. The van der Waals surface area contributed by atoms with Crippen molar-refractivity contribution in [3.8, 4) is 0 Å². The minimum atomic E-state index is -3.58. The molecule has 0 atom stereocenters. The lowest BCUT2D eigenvalue weighted by Crippen LogP contribution is -2.54. The Morgan fingerprint density at radius 1 is 1.14 bits per heavy atom. The van der Waals surface area contributed by atoms with E-state index in [2.05, 4.69) is 0 Å². The first-order valence-corrected chi connectivity index (χ1v) is 8.68. The molecule has 0 saturated carbocycles. The molecule has 116 valence electrons. The van der Waals surface area contributed by atoms with E-state index in [1.54, 1.807) is 17.0 Å². The second-order valence-electron chi connectivity index (χ2n) is 5.52. The minimum Gasteiger partial charge on any atom is -0.338 e. The zero-order chi connectivity index (χ0) is 15.6. The average molecular weight is 310 g/mol. The van der Waals surface area contributed by atoms with Crippen LogP contribution in [0.4, 0.5) is 0 Å². The van der Waals surface area contributed by atoms with Crippen LogP contribution in [0.1, 0.15) is 26.3 Å². The maximum Gasteiger partial charge on any atom is 0.243 e. The molecule has 0 spiro atoms. The van der Waals surface area contributed by atoms with Gasteiger partial charge in [0.15, 0.2) is 0 Å². The molecule has 1 aromatic carbocycles. The molecule has 0 bridgehead atoms. The molecule has 6 heteroatoms. The Labute approximate surface area is 126 Å². The summed E-state index contributed by atoms with van der Waals surface area (Å²) in [6, 6.07) is 6.98. The van der Waals surface area contributed by atoms with Crippen molar-refractivity contribution < 1.29 is 13.2 Å². The Morgan fingerprint density at radius 2 is 1.76 bits per heavy atom. The van der Waals surface area contributed by atoms with Crippen molar-refractivity contribution in [1.82, 2.24) is 9.21 Å². The summed E-state index contributed by atoms with van der Waals surface area (Å²) in [5, 5.41) is 0. The summed E-state index contributed by atoms with van der Waals surface area (Å²) >= 11 is 0. The molecule has 21 heavy (non-hydrogen) atoms. The highest BCUT2D eigenvalue weighted by atomic mass is 32.2. The van der Waals surface area contributed by atoms with Gasteiger partial charge in [0.2, 0.25) is 15.9 Å². The van der Waals surface area contributed by atoms with Crippen LogP contribution in [0.15, 0.2) is 29.2 Å². The van der Waals surface area contributed by atoms with E-state index in [0.717, 1.165) is 12.0 Å². The van der Waals surface area contributed by atoms with Crippen LogP contribution in [0.25, 0.3) is 0 Å². The molecule has 1 saturated heterocycles. The number of hydrogen-bond donors (Lipinski definition) is 0. The van der Waals surface area contributed by atoms with Crippen molar-refractivity contribution in [1.29, 1.82) is 0 Å². The van der Waals surface area contributed by atoms with E-state index in [0.29, 0.717) is 13.1 Å². The maximum atomic E-state index is 12.6. The molecule has 5 nitrogen and oxygen atoms in total. The molecular formula is C15H22N2O3S. The van der Waals surface area contributed by atoms with E-state index in [-0.39, 0.29) is 23.4 Å². The third-order valence-electron chi connectivity index (χ3n) is 3.81. The van der Waals surface area contributed by atoms with Crippen LogP contribution in [0, 0.1) is 0 Å². The normalized spacial score (nSPS) is 17.5. The lowest BCUT2D eigenvalue weighted by atomic mass is 10.2. The molecule has 1 amide bonds. The largest absolute Gasteiger partial charge is 0.338 e. The third-order valence-corrected chi connectivity index (χ3v) is 5.67. The van der Waals surface area contributed by atoms with Gasteiger partial charge in [0.25, 0.3) is 0 Å². The van der Waals surface area contributed by atoms with Crippen LogP contribution in [0.5, 0.6) is 0 Å². The van der Waals surface area contributed by atoms with Crippen molar-refractivity contribution in [2.75, 3.05) is 19.6 Å². The first kappa shape index (κ1) is 16.0. The van der Waals surface area contributed by atoms with Crippen LogP contribution < -0.4 is 0 Å². The van der Waals surface area contributed by atoms with E-state index >= 15 is 0 Å². The van der Waals surface area contributed by atoms with Gasteiger partial charge in [-0.05, 0) is 38.0 Å². The van der Waals surface area contributed by atoms with Crippen LogP contribution in [0.2, 0.25) is 0 Å². The number of carbonyl (C=O) groups is 1. The number of rotatable bonds is 4. The van der Waals surface area contributed by atoms with Crippen molar-refractivity contribution in [2.45, 2.75) is 38.1 Å². The van der Waals surface area contributed by atoms with E-state index in [1.807, 2.05) is 32.9 Å². The van der Waals surface area contributed by atoms with Crippen molar-refractivity contribution in [3.63, 3.8) is 0 Å². The Hall–Kier alpha value is -1.40. The summed E-state index contributed by atoms with van der Waals surface area (Å²) in [7, 11) is -3.58. The first-order valence-electron chi connectivity index (χ1n) is 7.24. The molecule has 0 unspecified atom stereocenters. The smallest absolute Gasteiger partial charge is 0.243 e. The number of carbonyl (C=O) groups excluding carboxylic acids is 1. The monoisotopic (exact) mass is 310 g/mol. The molecule has 1 heterocycles. The number of hydrogen-bond acceptors (Lipinski definition) is 3. The van der Waals surface area contributed by atoms with E-state index in [4.69, 9.17) is 0 Å². The number of piperazine rings is 1. The molecular weight excluding hydrogens is 288 g/mol. The van der Waals surface area contributed by atoms with Crippen molar-refractivity contribution in [2.24, 2.45) is 0 Å². The molecule has 1 aliphatic heterocycles. The third kappa shape index (κ3) is 3.27. The topological polar surface area (TPSA) is 57.7 Å². The highest BCUT2D eigenvalue weighted by Crippen LogP contribution is 2.19. The molecule has 0 aromatic heterocycles. The SMILES string of the molecule is CCc1ccc(S(=O)(=O)N2CCN(C(C)C)C(=O)C2)cc1. The lowest BCUT2D eigenvalue weighted by molar-refractivity contribution is -0.135. The van der Waals surface area contributed by atoms with E-state index < -0.39 is 10.0 Å². The summed E-state index contributed by atoms with van der Waals surface area (Å²) in [6.07, 6.45) is 0.867. The highest BCUT2D eigenvalue weighted by molar-refractivity contribution is 7.89. The van der Waals surface area contributed by atoms with Crippen LogP contribution in [0.3, 0.4) is 0 Å². The average Bonchev–Trinajstić information content (AvgIpc) is 2.46. The van der Waals surface area contributed by atoms with Gasteiger partial charge in [-0.1, -0.05) is 19.1 Å². The van der Waals surface area contributed by atoms with E-state index in [1.165, 1.54) is 4.31 Å². The Balaban J connectivity index is 2.19. The summed E-state index contributed by atoms with van der Waals surface area (Å²) in [4.78, 5) is 14.0. The van der Waals surface area contributed by atoms with E-state index in [9.17, 15) is 13.2 Å². The van der Waals surface area contributed by atoms with Gasteiger partial charge in [0.1, 0.15) is 0 Å². The van der Waals surface area contributed by atoms with Crippen molar-refractivity contribution in [3.05, 3.63) is 29.8 Å². The first-order chi connectivity index (χ1) is 9.86. The zero-order valence-corrected chi connectivity index (χ0v) is 13.6. The molecule has 0 N–H and O–H groups in total. The molecule has 0 radical (unpaired) electrons. The number of sulfonamides is 1. The molecule has 0 aliphatic carbocycles. The van der Waals surface area contributed by atoms with Gasteiger partial charge >= 0.3 is 0 Å². The Kier molecular flexibility index (Phi) is 4.68. The summed E-state index contributed by atoms with van der Waals surface area (Å²) in [5.74, 6) is -0.134. The predicted molar refractivity (Wildman–Crippen MR) is 81.4 cm³/mol. The number of nitrogens with zero attached hydrogens (tertiary/aromatic N) is 2. The second kappa shape index (κ2) is 6.15. The fraction of sp³-hybridized carbons (Fsp3) is 0.533. The number of benzene rings is 1. The lowest BCUT2D eigenvalue weighted by Gasteiger charge is -2.36. The van der Waals surface area contributed by atoms with Gasteiger partial charge in [-0.25, -0.2) is 8.42 Å². The fourth-order valence-electron chi connectivity index (χ4n) is 2.46. The summed E-state index contributed by atoms with van der Waals surface area (Å²) in [6.45, 7) is 6.62. The van der Waals surface area contributed by atoms with Crippen LogP contribution in [-0.2, 0) is 21.2 Å². The minimum absolute atomic E-state index is 0.0734. The highest BCUT2D eigenvalue weighted by Gasteiger charge is 2.33. The van der Waals surface area contributed by atoms with Crippen LogP contribution in [-0.4, -0.2) is 49.2 Å². The molecule has 1 fully saturated rings. The summed E-state index contributed by atoms with van der Waals surface area (Å²) < 4.78 is 26.4. The fourth-order valence-corrected chi connectivity index (χ4v) is 3.84. The molecule has 1 aromatic rings. The van der Waals surface area contributed by atoms with Crippen LogP contribution >= 0.6 is 0 Å². The van der Waals surface area contributed by atoms with Gasteiger partial charge in [0, 0.05) is 19.1 Å². The standard InChI is InChI=1S/C15H22N2O3S/c1-4-13-5-7-14(8-6-13)21(19,20)16-9-10-17(12(2)3)15(18)11-16/h5-8,12H,4,9-11H2,1-3H3. The second-order valence-corrected chi connectivity index (χ2v) is 7.45. The number of amides is 1. The molecule has 1 aliphatic rings. The Morgan fingerprint density at radius 3 is 2.24 bits per heavy atom. The van der Waals surface area contributed by atoms with Gasteiger partial charge in [-0.2, -0.15) is 4.31 Å². The maximum absolute atomic E-state index is 12.6. The predicted octanol–water partition coefficient (Wildman–Crippen LogP) is 1.49. The Bertz CT molecular complexity index is 608. The van der Waals surface area contributed by atoms with Crippen molar-refractivity contribution >= 4 is 15.9 Å². The van der Waals surface area contributed by atoms with Gasteiger partial charge in [0.05, 0.1) is 11.4 Å². The van der Waals surface area contributed by atoms with Gasteiger partial charge in [-0.3, -0.25) is 4.79 Å². The van der Waals surface area contributed by atoms with Gasteiger partial charge in [-0.15, -0.1) is 0 Å². The zero-order valence-electron chi connectivity index (χ0n) is 12.7. The summed E-state index contributed by atoms with van der Waals surface area (Å²) in [5.41, 5.74) is 1.09. The quantitative estimate of drug-likeness (QED) is 0.846.